The lowest BCUT2D eigenvalue weighted by Gasteiger charge is -2.35. The number of nitrogens with one attached hydrogen (secondary N) is 1. The van der Waals surface area contributed by atoms with Gasteiger partial charge in [-0.05, 0) is 48.9 Å². The van der Waals surface area contributed by atoms with Crippen LogP contribution in [0.2, 0.25) is 0 Å². The third-order valence-electron chi connectivity index (χ3n) is 6.07. The van der Waals surface area contributed by atoms with Gasteiger partial charge in [-0.1, -0.05) is 36.4 Å². The van der Waals surface area contributed by atoms with Gasteiger partial charge >= 0.3 is 0 Å². The Morgan fingerprint density at radius 1 is 0.882 bits per heavy atom. The second-order valence-electron chi connectivity index (χ2n) is 8.53. The lowest BCUT2D eigenvalue weighted by molar-refractivity contribution is 0.249. The third-order valence-corrected chi connectivity index (χ3v) is 7.48. The highest BCUT2D eigenvalue weighted by Gasteiger charge is 2.20. The zero-order chi connectivity index (χ0) is 23.5. The zero-order valence-electron chi connectivity index (χ0n) is 19.1. The number of piperazine rings is 1. The molecule has 0 saturated carbocycles. The van der Waals surface area contributed by atoms with Gasteiger partial charge in [0.25, 0.3) is 10.0 Å². The maximum absolute atomic E-state index is 13.1. The summed E-state index contributed by atoms with van der Waals surface area (Å²) in [4.78, 5) is 13.8. The van der Waals surface area contributed by atoms with E-state index in [1.807, 2.05) is 73.8 Å². The summed E-state index contributed by atoms with van der Waals surface area (Å²) < 4.78 is 28.9. The standard InChI is InChI=1S/C26H27N5O2S/c1-20-8-11-22-5-4-6-24(26(22)28-20)34(32,33)29-23-12-9-21(10-13-23)19-30-15-17-31(18-16-30)25-7-2-3-14-27-25/h2-14,29H,15-19H2,1H3. The number of sulfonamides is 1. The van der Waals surface area contributed by atoms with Crippen molar-refractivity contribution in [2.24, 2.45) is 0 Å². The van der Waals surface area contributed by atoms with Crippen molar-refractivity contribution < 1.29 is 8.42 Å². The van der Waals surface area contributed by atoms with Crippen LogP contribution in [0.15, 0.2) is 83.9 Å². The minimum Gasteiger partial charge on any atom is -0.354 e. The number of rotatable bonds is 6. The monoisotopic (exact) mass is 473 g/mol. The molecule has 1 aliphatic heterocycles. The minimum absolute atomic E-state index is 0.184. The van der Waals surface area contributed by atoms with Gasteiger partial charge in [0.15, 0.2) is 0 Å². The van der Waals surface area contributed by atoms with Gasteiger partial charge in [-0.15, -0.1) is 0 Å². The number of hydrogen-bond donors (Lipinski definition) is 1. The molecule has 2 aromatic heterocycles. The van der Waals surface area contributed by atoms with Crippen molar-refractivity contribution in [3.63, 3.8) is 0 Å². The molecule has 7 nitrogen and oxygen atoms in total. The molecule has 1 fully saturated rings. The van der Waals surface area contributed by atoms with Crippen LogP contribution in [-0.4, -0.2) is 49.5 Å². The molecule has 8 heteroatoms. The first-order valence-electron chi connectivity index (χ1n) is 11.3. The summed E-state index contributed by atoms with van der Waals surface area (Å²) in [7, 11) is -3.76. The van der Waals surface area contributed by atoms with Crippen LogP contribution in [0.4, 0.5) is 11.5 Å². The quantitative estimate of drug-likeness (QED) is 0.455. The van der Waals surface area contributed by atoms with E-state index in [4.69, 9.17) is 0 Å². The van der Waals surface area contributed by atoms with Gasteiger partial charge in [0, 0.05) is 55.7 Å². The summed E-state index contributed by atoms with van der Waals surface area (Å²) >= 11 is 0. The van der Waals surface area contributed by atoms with Crippen LogP contribution in [0.5, 0.6) is 0 Å². The van der Waals surface area contributed by atoms with Gasteiger partial charge in [0.1, 0.15) is 10.7 Å². The Morgan fingerprint density at radius 2 is 1.68 bits per heavy atom. The average molecular weight is 474 g/mol. The Bertz CT molecular complexity index is 1380. The van der Waals surface area contributed by atoms with Crippen LogP contribution >= 0.6 is 0 Å². The van der Waals surface area contributed by atoms with Gasteiger partial charge in [-0.3, -0.25) is 14.6 Å². The molecular weight excluding hydrogens is 446 g/mol. The molecule has 4 aromatic rings. The summed E-state index contributed by atoms with van der Waals surface area (Å²) in [6, 6.07) is 22.6. The lowest BCUT2D eigenvalue weighted by Crippen LogP contribution is -2.46. The number of aryl methyl sites for hydroxylation is 1. The summed E-state index contributed by atoms with van der Waals surface area (Å²) in [5.74, 6) is 1.02. The Balaban J connectivity index is 1.23. The average Bonchev–Trinajstić information content (AvgIpc) is 2.85. The van der Waals surface area contributed by atoms with E-state index in [0.29, 0.717) is 11.2 Å². The maximum Gasteiger partial charge on any atom is 0.264 e. The fraction of sp³-hybridized carbons (Fsp3) is 0.231. The molecule has 3 heterocycles. The molecule has 0 bridgehead atoms. The first kappa shape index (κ1) is 22.3. The molecule has 34 heavy (non-hydrogen) atoms. The molecule has 0 unspecified atom stereocenters. The predicted octanol–water partition coefficient (Wildman–Crippen LogP) is 4.06. The van der Waals surface area contributed by atoms with E-state index in [-0.39, 0.29) is 4.90 Å². The van der Waals surface area contributed by atoms with E-state index in [2.05, 4.69) is 24.5 Å². The van der Waals surface area contributed by atoms with E-state index < -0.39 is 10.0 Å². The molecule has 0 spiro atoms. The Kier molecular flexibility index (Phi) is 6.17. The third kappa shape index (κ3) is 4.88. The van der Waals surface area contributed by atoms with E-state index in [9.17, 15) is 8.42 Å². The number of anilines is 2. The number of benzene rings is 2. The summed E-state index contributed by atoms with van der Waals surface area (Å²) in [5, 5.41) is 0.798. The van der Waals surface area contributed by atoms with Crippen LogP contribution in [0.1, 0.15) is 11.3 Å². The highest BCUT2D eigenvalue weighted by atomic mass is 32.2. The molecule has 2 aromatic carbocycles. The lowest BCUT2D eigenvalue weighted by atomic mass is 10.2. The first-order chi connectivity index (χ1) is 16.5. The van der Waals surface area contributed by atoms with Crippen LogP contribution in [-0.2, 0) is 16.6 Å². The first-order valence-corrected chi connectivity index (χ1v) is 12.8. The molecule has 1 N–H and O–H groups in total. The summed E-state index contributed by atoms with van der Waals surface area (Å²) in [6.45, 7) is 6.47. The number of pyridine rings is 2. The van der Waals surface area contributed by atoms with E-state index in [1.165, 1.54) is 0 Å². The summed E-state index contributed by atoms with van der Waals surface area (Å²) in [6.07, 6.45) is 1.83. The number of para-hydroxylation sites is 1. The van der Waals surface area contributed by atoms with Gasteiger partial charge in [-0.2, -0.15) is 0 Å². The predicted molar refractivity (Wildman–Crippen MR) is 135 cm³/mol. The molecule has 0 atom stereocenters. The molecule has 1 aliphatic rings. The summed E-state index contributed by atoms with van der Waals surface area (Å²) in [5.41, 5.74) is 2.95. The highest BCUT2D eigenvalue weighted by Crippen LogP contribution is 2.24. The van der Waals surface area contributed by atoms with Crippen LogP contribution in [0, 0.1) is 6.92 Å². The second-order valence-corrected chi connectivity index (χ2v) is 10.2. The van der Waals surface area contributed by atoms with Crippen molar-refractivity contribution in [3.05, 3.63) is 90.3 Å². The topological polar surface area (TPSA) is 78.4 Å². The Labute approximate surface area is 200 Å². The van der Waals surface area contributed by atoms with Crippen molar-refractivity contribution in [2.45, 2.75) is 18.4 Å². The highest BCUT2D eigenvalue weighted by molar-refractivity contribution is 7.93. The van der Waals surface area contributed by atoms with Crippen molar-refractivity contribution in [1.82, 2.24) is 14.9 Å². The molecular formula is C26H27N5O2S. The normalized spacial score (nSPS) is 14.9. The Morgan fingerprint density at radius 3 is 2.41 bits per heavy atom. The van der Waals surface area contributed by atoms with Crippen molar-refractivity contribution in [2.75, 3.05) is 35.8 Å². The molecule has 1 saturated heterocycles. The van der Waals surface area contributed by atoms with Crippen molar-refractivity contribution >= 4 is 32.4 Å². The van der Waals surface area contributed by atoms with Crippen molar-refractivity contribution in [1.29, 1.82) is 0 Å². The molecule has 0 radical (unpaired) electrons. The molecule has 0 aliphatic carbocycles. The van der Waals surface area contributed by atoms with Gasteiger partial charge < -0.3 is 4.90 Å². The Hall–Kier alpha value is -3.49. The fourth-order valence-electron chi connectivity index (χ4n) is 4.26. The molecule has 5 rings (SSSR count). The minimum atomic E-state index is -3.76. The number of hydrogen-bond acceptors (Lipinski definition) is 6. The molecule has 174 valence electrons. The largest absolute Gasteiger partial charge is 0.354 e. The maximum atomic E-state index is 13.1. The number of nitrogens with zero attached hydrogens (tertiary/aromatic N) is 4. The number of fused-ring (bicyclic) bond motifs is 1. The van der Waals surface area contributed by atoms with Gasteiger partial charge in [-0.25, -0.2) is 13.4 Å². The van der Waals surface area contributed by atoms with Crippen LogP contribution in [0.3, 0.4) is 0 Å². The molecule has 0 amide bonds. The van der Waals surface area contributed by atoms with E-state index in [1.54, 1.807) is 12.1 Å². The fourth-order valence-corrected chi connectivity index (χ4v) is 5.49. The van der Waals surface area contributed by atoms with Gasteiger partial charge in [0.2, 0.25) is 0 Å². The second kappa shape index (κ2) is 9.40. The van der Waals surface area contributed by atoms with E-state index >= 15 is 0 Å². The van der Waals surface area contributed by atoms with Crippen molar-refractivity contribution in [3.8, 4) is 0 Å². The van der Waals surface area contributed by atoms with Crippen LogP contribution in [0.25, 0.3) is 10.9 Å². The SMILES string of the molecule is Cc1ccc2cccc(S(=O)(=O)Nc3ccc(CN4CCN(c5ccccn5)CC4)cc3)c2n1. The van der Waals surface area contributed by atoms with Gasteiger partial charge in [0.05, 0.1) is 5.52 Å². The van der Waals surface area contributed by atoms with Crippen LogP contribution < -0.4 is 9.62 Å². The zero-order valence-corrected chi connectivity index (χ0v) is 19.9. The van der Waals surface area contributed by atoms with E-state index in [0.717, 1.165) is 55.2 Å². The smallest absolute Gasteiger partial charge is 0.264 e. The number of aromatic nitrogens is 2.